The van der Waals surface area contributed by atoms with Crippen LogP contribution in [0.5, 0.6) is 0 Å². The minimum absolute atomic E-state index is 0.0204. The number of esters is 2. The normalized spacial score (nSPS) is 27.1. The summed E-state index contributed by atoms with van der Waals surface area (Å²) in [5, 5.41) is 0. The molecule has 0 N–H and O–H groups in total. The van der Waals surface area contributed by atoms with Gasteiger partial charge >= 0.3 is 11.9 Å². The molecule has 2 aliphatic carbocycles. The van der Waals surface area contributed by atoms with Crippen molar-refractivity contribution in [1.29, 1.82) is 0 Å². The fraction of sp³-hybridized carbons (Fsp3) is 0.500. The zero-order chi connectivity index (χ0) is 20.4. The van der Waals surface area contributed by atoms with Gasteiger partial charge in [-0.15, -0.1) is 0 Å². The number of carbonyl (C=O) groups excluding carboxylic acids is 3. The first-order valence-corrected chi connectivity index (χ1v) is 9.12. The van der Waals surface area contributed by atoms with Crippen molar-refractivity contribution < 1.29 is 23.9 Å². The molecule has 2 aliphatic rings. The molecule has 0 saturated heterocycles. The first kappa shape index (κ1) is 20.9. The lowest BCUT2D eigenvalue weighted by molar-refractivity contribution is -0.150. The van der Waals surface area contributed by atoms with Gasteiger partial charge in [-0.2, -0.15) is 0 Å². The van der Waals surface area contributed by atoms with E-state index >= 15 is 0 Å². The highest BCUT2D eigenvalue weighted by Crippen LogP contribution is 2.60. The lowest BCUT2D eigenvalue weighted by Crippen LogP contribution is -2.20. The standard InChI is InChI=1S/C22H28O5/c1-7-8-9-10-15-14(3)18(12-17(15)23)27-21(25)19-16(22(19,4)5)11-13(2)20(24)26-6/h7-9,11,16,18-19H,1,10,12H2,2-6H3/b9-8-,13-11-/t16-,18+,19+/m1/s1. The van der Waals surface area contributed by atoms with E-state index in [2.05, 4.69) is 6.58 Å². The van der Waals surface area contributed by atoms with Crippen LogP contribution in [0, 0.1) is 17.3 Å². The Kier molecular flexibility index (Phi) is 6.24. The Morgan fingerprint density at radius 1 is 1.33 bits per heavy atom. The first-order valence-electron chi connectivity index (χ1n) is 9.12. The molecule has 5 heteroatoms. The van der Waals surface area contributed by atoms with Crippen molar-refractivity contribution >= 4 is 17.7 Å². The van der Waals surface area contributed by atoms with Gasteiger partial charge in [0.1, 0.15) is 6.10 Å². The number of methoxy groups -OCH3 is 1. The van der Waals surface area contributed by atoms with E-state index in [9.17, 15) is 14.4 Å². The van der Waals surface area contributed by atoms with E-state index in [1.54, 1.807) is 25.2 Å². The Morgan fingerprint density at radius 2 is 2.00 bits per heavy atom. The highest BCUT2D eigenvalue weighted by Gasteiger charge is 2.62. The molecule has 0 aromatic heterocycles. The molecule has 1 fully saturated rings. The van der Waals surface area contributed by atoms with Gasteiger partial charge in [0.2, 0.25) is 0 Å². The van der Waals surface area contributed by atoms with Gasteiger partial charge in [-0.05, 0) is 37.2 Å². The number of carbonyl (C=O) groups is 3. The molecule has 0 aromatic rings. The molecule has 0 bridgehead atoms. The Morgan fingerprint density at radius 3 is 2.59 bits per heavy atom. The fourth-order valence-electron chi connectivity index (χ4n) is 3.70. The number of ketones is 1. The fourth-order valence-corrected chi connectivity index (χ4v) is 3.70. The zero-order valence-corrected chi connectivity index (χ0v) is 16.7. The van der Waals surface area contributed by atoms with Crippen LogP contribution in [0.25, 0.3) is 0 Å². The van der Waals surface area contributed by atoms with Gasteiger partial charge in [-0.1, -0.05) is 44.7 Å². The Balaban J connectivity index is 2.07. The van der Waals surface area contributed by atoms with Gasteiger partial charge in [0, 0.05) is 11.1 Å². The smallest absolute Gasteiger partial charge is 0.333 e. The average molecular weight is 372 g/mol. The summed E-state index contributed by atoms with van der Waals surface area (Å²) in [6.07, 6.45) is 7.32. The Bertz CT molecular complexity index is 751. The predicted octanol–water partition coefficient (Wildman–Crippen LogP) is 3.71. The van der Waals surface area contributed by atoms with E-state index in [-0.39, 0.29) is 35.4 Å². The summed E-state index contributed by atoms with van der Waals surface area (Å²) < 4.78 is 10.4. The van der Waals surface area contributed by atoms with Crippen molar-refractivity contribution in [3.05, 3.63) is 47.6 Å². The molecule has 0 heterocycles. The summed E-state index contributed by atoms with van der Waals surface area (Å²) in [5.74, 6) is -1.11. The highest BCUT2D eigenvalue weighted by molar-refractivity contribution is 6.00. The topological polar surface area (TPSA) is 69.7 Å². The molecule has 2 rings (SSSR count). The second-order valence-electron chi connectivity index (χ2n) is 7.75. The third-order valence-corrected chi connectivity index (χ3v) is 5.62. The average Bonchev–Trinajstić information content (AvgIpc) is 3.05. The molecule has 3 atom stereocenters. The molecule has 5 nitrogen and oxygen atoms in total. The van der Waals surface area contributed by atoms with Crippen LogP contribution in [-0.2, 0) is 23.9 Å². The van der Waals surface area contributed by atoms with Crippen molar-refractivity contribution in [2.24, 2.45) is 17.3 Å². The molecule has 27 heavy (non-hydrogen) atoms. The second-order valence-corrected chi connectivity index (χ2v) is 7.75. The first-order chi connectivity index (χ1) is 12.6. The molecule has 1 saturated carbocycles. The minimum Gasteiger partial charge on any atom is -0.466 e. The van der Waals surface area contributed by atoms with E-state index in [4.69, 9.17) is 9.47 Å². The van der Waals surface area contributed by atoms with Crippen LogP contribution in [0.2, 0.25) is 0 Å². The van der Waals surface area contributed by atoms with Crippen LogP contribution >= 0.6 is 0 Å². The maximum Gasteiger partial charge on any atom is 0.333 e. The number of allylic oxidation sites excluding steroid dienone is 5. The SMILES string of the molecule is C=C/C=C\CC1=C(C)[C@@H](OC(=O)[C@@H]2[C@@H](/C=C(/C)C(=O)OC)C2(C)C)CC1=O. The molecular formula is C22H28O5. The van der Waals surface area contributed by atoms with Crippen LogP contribution in [0.15, 0.2) is 47.6 Å². The summed E-state index contributed by atoms with van der Waals surface area (Å²) in [7, 11) is 1.33. The third kappa shape index (κ3) is 4.29. The predicted molar refractivity (Wildman–Crippen MR) is 103 cm³/mol. The lowest BCUT2D eigenvalue weighted by atomic mass is 10.1. The number of ether oxygens (including phenoxy) is 2. The monoisotopic (exact) mass is 372 g/mol. The maximum absolute atomic E-state index is 12.7. The quantitative estimate of drug-likeness (QED) is 0.387. The molecule has 146 valence electrons. The molecule has 0 spiro atoms. The Hall–Kier alpha value is -2.43. The van der Waals surface area contributed by atoms with Gasteiger partial charge in [0.25, 0.3) is 0 Å². The van der Waals surface area contributed by atoms with Crippen LogP contribution in [0.1, 0.15) is 40.5 Å². The molecular weight excluding hydrogens is 344 g/mol. The molecule has 0 radical (unpaired) electrons. The van der Waals surface area contributed by atoms with E-state index in [0.717, 1.165) is 5.57 Å². The van der Waals surface area contributed by atoms with Crippen molar-refractivity contribution in [2.45, 2.75) is 46.6 Å². The van der Waals surface area contributed by atoms with Crippen molar-refractivity contribution in [3.63, 3.8) is 0 Å². The summed E-state index contributed by atoms with van der Waals surface area (Å²) in [6.45, 7) is 11.1. The van der Waals surface area contributed by atoms with E-state index in [0.29, 0.717) is 17.6 Å². The highest BCUT2D eigenvalue weighted by atomic mass is 16.5. The van der Waals surface area contributed by atoms with Crippen LogP contribution in [-0.4, -0.2) is 30.9 Å². The number of rotatable bonds is 7. The van der Waals surface area contributed by atoms with Crippen molar-refractivity contribution in [2.75, 3.05) is 7.11 Å². The second kappa shape index (κ2) is 8.07. The molecule has 0 aliphatic heterocycles. The lowest BCUT2D eigenvalue weighted by Gasteiger charge is -2.13. The number of hydrogen-bond donors (Lipinski definition) is 0. The maximum atomic E-state index is 12.7. The van der Waals surface area contributed by atoms with Gasteiger partial charge in [0.15, 0.2) is 5.78 Å². The summed E-state index contributed by atoms with van der Waals surface area (Å²) in [5.41, 5.74) is 1.72. The molecule has 0 unspecified atom stereocenters. The summed E-state index contributed by atoms with van der Waals surface area (Å²) in [4.78, 5) is 36.5. The van der Waals surface area contributed by atoms with E-state index in [1.807, 2.05) is 26.8 Å². The van der Waals surface area contributed by atoms with Crippen molar-refractivity contribution in [1.82, 2.24) is 0 Å². The summed E-state index contributed by atoms with van der Waals surface area (Å²) in [6, 6.07) is 0. The third-order valence-electron chi connectivity index (χ3n) is 5.62. The minimum atomic E-state index is -0.500. The van der Waals surface area contributed by atoms with E-state index < -0.39 is 12.1 Å². The van der Waals surface area contributed by atoms with Gasteiger partial charge < -0.3 is 9.47 Å². The zero-order valence-electron chi connectivity index (χ0n) is 16.7. The van der Waals surface area contributed by atoms with Crippen LogP contribution < -0.4 is 0 Å². The van der Waals surface area contributed by atoms with Crippen molar-refractivity contribution in [3.8, 4) is 0 Å². The van der Waals surface area contributed by atoms with Crippen LogP contribution in [0.3, 0.4) is 0 Å². The molecule has 0 amide bonds. The Labute approximate surface area is 160 Å². The summed E-state index contributed by atoms with van der Waals surface area (Å²) >= 11 is 0. The largest absolute Gasteiger partial charge is 0.466 e. The van der Waals surface area contributed by atoms with E-state index in [1.165, 1.54) is 7.11 Å². The van der Waals surface area contributed by atoms with Gasteiger partial charge in [-0.25, -0.2) is 4.79 Å². The van der Waals surface area contributed by atoms with Gasteiger partial charge in [0.05, 0.1) is 19.4 Å². The number of Topliss-reactive ketones (excluding diaryl/α,β-unsaturated/α-hetero) is 1. The van der Waals surface area contributed by atoms with Gasteiger partial charge in [-0.3, -0.25) is 9.59 Å². The molecule has 0 aromatic carbocycles. The van der Waals surface area contributed by atoms with Crippen LogP contribution in [0.4, 0.5) is 0 Å². The number of hydrogen-bond acceptors (Lipinski definition) is 5.